The Kier molecular flexibility index (Phi) is 10.6. The van der Waals surface area contributed by atoms with E-state index >= 15 is 0 Å². The topological polar surface area (TPSA) is 119 Å². The van der Waals surface area contributed by atoms with Crippen LogP contribution in [-0.2, 0) is 26.2 Å². The summed E-state index contributed by atoms with van der Waals surface area (Å²) in [6, 6.07) is 5.55. The summed E-state index contributed by atoms with van der Waals surface area (Å²) in [5.74, 6) is -0.864. The van der Waals surface area contributed by atoms with Crippen LogP contribution in [0, 0.1) is 17.8 Å². The fraction of sp³-hybridized carbons (Fsp3) is 0.680. The Balaban J connectivity index is 3.01. The molecule has 0 heterocycles. The van der Waals surface area contributed by atoms with Crippen molar-refractivity contribution in [2.45, 2.75) is 78.4 Å². The molecule has 0 saturated carbocycles. The quantitative estimate of drug-likeness (QED) is 0.416. The lowest BCUT2D eigenvalue weighted by Crippen LogP contribution is -2.39. The number of benzene rings is 1. The number of ether oxygens (including phenoxy) is 2. The van der Waals surface area contributed by atoms with Gasteiger partial charge in [0.05, 0.1) is 19.1 Å². The first-order valence-electron chi connectivity index (χ1n) is 11.3. The van der Waals surface area contributed by atoms with Crippen LogP contribution in [-0.4, -0.2) is 48.0 Å². The molecule has 1 unspecified atom stereocenters. The van der Waals surface area contributed by atoms with Gasteiger partial charge in [-0.3, -0.25) is 4.79 Å². The number of carbonyl (C=O) groups excluding carboxylic acids is 1. The molecule has 0 amide bonds. The fourth-order valence-corrected chi connectivity index (χ4v) is 3.67. The average molecular weight is 452 g/mol. The Morgan fingerprint density at radius 2 is 1.75 bits per heavy atom. The van der Waals surface area contributed by atoms with Gasteiger partial charge in [0.1, 0.15) is 5.75 Å². The number of hydrogen-bond acceptors (Lipinski definition) is 6. The van der Waals surface area contributed by atoms with Crippen LogP contribution in [0.3, 0.4) is 0 Å². The van der Waals surface area contributed by atoms with Gasteiger partial charge in [0, 0.05) is 6.04 Å². The molecule has 0 spiro atoms. The minimum absolute atomic E-state index is 0.132. The predicted molar refractivity (Wildman–Crippen MR) is 125 cm³/mol. The van der Waals surface area contributed by atoms with Gasteiger partial charge in [-0.25, -0.2) is 4.79 Å². The molecular weight excluding hydrogens is 410 g/mol. The third kappa shape index (κ3) is 8.79. The number of carboxylic acid groups (broad SMARTS) is 1. The summed E-state index contributed by atoms with van der Waals surface area (Å²) in [4.78, 5) is 22.7. The smallest absolute Gasteiger partial charge is 0.343 e. The maximum absolute atomic E-state index is 11.6. The second-order valence-corrected chi connectivity index (χ2v) is 10.1. The second kappa shape index (κ2) is 12.2. The number of carboxylic acids is 1. The lowest BCUT2D eigenvalue weighted by molar-refractivity contribution is -0.143. The van der Waals surface area contributed by atoms with Gasteiger partial charge >= 0.3 is 11.9 Å². The van der Waals surface area contributed by atoms with Crippen LogP contribution >= 0.6 is 0 Å². The van der Waals surface area contributed by atoms with Crippen LogP contribution in [0.4, 0.5) is 0 Å². The molecular formula is C25H41NO6. The van der Waals surface area contributed by atoms with Crippen LogP contribution in [0.15, 0.2) is 18.2 Å². The molecule has 4 N–H and O–H groups in total. The normalized spacial score (nSPS) is 15.7. The van der Waals surface area contributed by atoms with E-state index in [1.54, 1.807) is 6.92 Å². The molecule has 0 radical (unpaired) electrons. The number of aliphatic hydroxyl groups excluding tert-OH is 1. The molecule has 7 heteroatoms. The second-order valence-electron chi connectivity index (χ2n) is 10.1. The Morgan fingerprint density at radius 1 is 1.12 bits per heavy atom. The highest BCUT2D eigenvalue weighted by atomic mass is 16.6. The summed E-state index contributed by atoms with van der Waals surface area (Å²) in [5.41, 5.74) is 8.14. The van der Waals surface area contributed by atoms with Gasteiger partial charge in [0.15, 0.2) is 6.61 Å². The zero-order valence-corrected chi connectivity index (χ0v) is 20.6. The number of rotatable bonds is 12. The van der Waals surface area contributed by atoms with E-state index in [1.807, 2.05) is 12.1 Å². The van der Waals surface area contributed by atoms with Crippen molar-refractivity contribution in [1.82, 2.24) is 0 Å². The molecule has 7 nitrogen and oxygen atoms in total. The predicted octanol–water partition coefficient (Wildman–Crippen LogP) is 3.54. The van der Waals surface area contributed by atoms with Crippen molar-refractivity contribution in [3.63, 3.8) is 0 Å². The van der Waals surface area contributed by atoms with Crippen LogP contribution < -0.4 is 10.5 Å². The lowest BCUT2D eigenvalue weighted by Gasteiger charge is -2.28. The number of aliphatic carboxylic acids is 1. The summed E-state index contributed by atoms with van der Waals surface area (Å²) in [6.07, 6.45) is 0.563. The Hall–Kier alpha value is -2.12. The third-order valence-corrected chi connectivity index (χ3v) is 5.95. The molecule has 0 fully saturated rings. The summed E-state index contributed by atoms with van der Waals surface area (Å²) >= 11 is 0. The van der Waals surface area contributed by atoms with Crippen molar-refractivity contribution in [3.05, 3.63) is 29.3 Å². The van der Waals surface area contributed by atoms with Crippen molar-refractivity contribution >= 4 is 11.9 Å². The van der Waals surface area contributed by atoms with Gasteiger partial charge in [0.2, 0.25) is 0 Å². The largest absolute Gasteiger partial charge is 0.482 e. The zero-order chi connectivity index (χ0) is 24.6. The summed E-state index contributed by atoms with van der Waals surface area (Å²) in [6.45, 7) is 11.9. The van der Waals surface area contributed by atoms with E-state index in [0.29, 0.717) is 18.1 Å². The molecule has 1 rings (SSSR count). The van der Waals surface area contributed by atoms with E-state index < -0.39 is 30.0 Å². The van der Waals surface area contributed by atoms with E-state index in [1.165, 1.54) is 7.11 Å². The first-order valence-corrected chi connectivity index (χ1v) is 11.3. The number of hydrogen-bond donors (Lipinski definition) is 3. The number of esters is 1. The summed E-state index contributed by atoms with van der Waals surface area (Å²) < 4.78 is 10.5. The maximum Gasteiger partial charge on any atom is 0.343 e. The first kappa shape index (κ1) is 27.9. The molecule has 4 atom stereocenters. The molecule has 182 valence electrons. The highest BCUT2D eigenvalue weighted by Gasteiger charge is 2.26. The standard InChI is InChI=1S/C25H41NO6/c1-15(2)18(13-20(26)21(27)10-16(3)24(29)30)11-17-8-9-19(25(4,5)6)22(12-17)32-14-23(28)31-7/h8-9,12,15-16,18,20-21,27H,10-11,13-14,26H2,1-7H3,(H,29,30)/t16?,18-,20-,21-/m0/s1. The van der Waals surface area contributed by atoms with Gasteiger partial charge in [-0.05, 0) is 53.7 Å². The van der Waals surface area contributed by atoms with Crippen molar-refractivity contribution in [1.29, 1.82) is 0 Å². The SMILES string of the molecule is COC(=O)COc1cc(C[C@@H](C[C@H](N)[C@@H](O)CC(C)C(=O)O)C(C)C)ccc1C(C)(C)C. The van der Waals surface area contributed by atoms with E-state index in [4.69, 9.17) is 20.3 Å². The Labute approximate surface area is 192 Å². The van der Waals surface area contributed by atoms with Crippen LogP contribution in [0.1, 0.15) is 65.5 Å². The zero-order valence-electron chi connectivity index (χ0n) is 20.6. The van der Waals surface area contributed by atoms with Crippen molar-refractivity contribution in [2.75, 3.05) is 13.7 Å². The minimum atomic E-state index is -0.935. The van der Waals surface area contributed by atoms with E-state index in [2.05, 4.69) is 40.7 Å². The van der Waals surface area contributed by atoms with E-state index in [-0.39, 0.29) is 24.4 Å². The Morgan fingerprint density at radius 3 is 2.25 bits per heavy atom. The molecule has 0 aliphatic rings. The number of aliphatic hydroxyl groups is 1. The summed E-state index contributed by atoms with van der Waals surface area (Å²) in [7, 11) is 1.33. The van der Waals surface area contributed by atoms with Gasteiger partial charge in [-0.15, -0.1) is 0 Å². The maximum atomic E-state index is 11.6. The van der Waals surface area contributed by atoms with Crippen molar-refractivity contribution < 1.29 is 29.3 Å². The summed E-state index contributed by atoms with van der Waals surface area (Å²) in [5, 5.41) is 19.5. The molecule has 32 heavy (non-hydrogen) atoms. The highest BCUT2D eigenvalue weighted by Crippen LogP contribution is 2.34. The molecule has 0 bridgehead atoms. The van der Waals surface area contributed by atoms with Gasteiger partial charge in [-0.2, -0.15) is 0 Å². The third-order valence-electron chi connectivity index (χ3n) is 5.95. The fourth-order valence-electron chi connectivity index (χ4n) is 3.67. The highest BCUT2D eigenvalue weighted by molar-refractivity contribution is 5.71. The van der Waals surface area contributed by atoms with Crippen LogP contribution in [0.25, 0.3) is 0 Å². The number of methoxy groups -OCH3 is 1. The van der Waals surface area contributed by atoms with Crippen LogP contribution in [0.5, 0.6) is 5.75 Å². The lowest BCUT2D eigenvalue weighted by atomic mass is 9.81. The van der Waals surface area contributed by atoms with Crippen molar-refractivity contribution in [3.8, 4) is 5.75 Å². The van der Waals surface area contributed by atoms with Crippen molar-refractivity contribution in [2.24, 2.45) is 23.5 Å². The molecule has 1 aromatic carbocycles. The average Bonchev–Trinajstić information content (AvgIpc) is 2.70. The molecule has 0 aliphatic carbocycles. The van der Waals surface area contributed by atoms with Gasteiger partial charge < -0.3 is 25.4 Å². The Bertz CT molecular complexity index is 755. The monoisotopic (exact) mass is 451 g/mol. The molecule has 0 saturated heterocycles. The van der Waals surface area contributed by atoms with Gasteiger partial charge in [-0.1, -0.05) is 53.7 Å². The molecule has 1 aromatic rings. The van der Waals surface area contributed by atoms with Crippen LogP contribution in [0.2, 0.25) is 0 Å². The number of carbonyl (C=O) groups is 2. The van der Waals surface area contributed by atoms with E-state index in [9.17, 15) is 14.7 Å². The molecule has 0 aromatic heterocycles. The number of nitrogens with two attached hydrogens (primary N) is 1. The molecule has 0 aliphatic heterocycles. The van der Waals surface area contributed by atoms with Gasteiger partial charge in [0.25, 0.3) is 0 Å². The van der Waals surface area contributed by atoms with E-state index in [0.717, 1.165) is 17.5 Å². The first-order chi connectivity index (χ1) is 14.8. The minimum Gasteiger partial charge on any atom is -0.482 e.